The lowest BCUT2D eigenvalue weighted by atomic mass is 10.0. The fourth-order valence-electron chi connectivity index (χ4n) is 3.54. The number of anilines is 1. The fraction of sp³-hybridized carbons (Fsp3) is 0.250. The number of amides is 1. The molecule has 0 bridgehead atoms. The van der Waals surface area contributed by atoms with Crippen molar-refractivity contribution in [2.24, 2.45) is 0 Å². The van der Waals surface area contributed by atoms with Crippen molar-refractivity contribution in [3.05, 3.63) is 76.2 Å². The Labute approximate surface area is 197 Å². The maximum atomic E-state index is 13.0. The van der Waals surface area contributed by atoms with E-state index in [2.05, 4.69) is 10.2 Å². The number of esters is 1. The van der Waals surface area contributed by atoms with Crippen LogP contribution in [0, 0.1) is 0 Å². The molecule has 3 aromatic rings. The molecular weight excluding hydrogens is 448 g/mol. The topological polar surface area (TPSA) is 67.9 Å². The summed E-state index contributed by atoms with van der Waals surface area (Å²) < 4.78 is 11.1. The number of hydrogen-bond acceptors (Lipinski definition) is 6. The molecule has 4 rings (SSSR count). The molecule has 0 fully saturated rings. The predicted octanol–water partition coefficient (Wildman–Crippen LogP) is 5.38. The van der Waals surface area contributed by atoms with Gasteiger partial charge in [-0.25, -0.2) is 4.79 Å². The zero-order chi connectivity index (χ0) is 21.8. The molecular formula is C24H25ClN2O4S. The Morgan fingerprint density at radius 2 is 1.84 bits per heavy atom. The second-order valence-electron chi connectivity index (χ2n) is 7.31. The van der Waals surface area contributed by atoms with Crippen LogP contribution in [0.5, 0.6) is 11.5 Å². The molecule has 1 aromatic heterocycles. The van der Waals surface area contributed by atoms with Crippen molar-refractivity contribution in [3.8, 4) is 11.5 Å². The van der Waals surface area contributed by atoms with Gasteiger partial charge in [-0.1, -0.05) is 24.3 Å². The number of halogens is 1. The second-order valence-corrected chi connectivity index (χ2v) is 8.42. The number of thiophene rings is 1. The van der Waals surface area contributed by atoms with Crippen LogP contribution in [0.3, 0.4) is 0 Å². The molecule has 0 saturated heterocycles. The minimum atomic E-state index is -0.388. The summed E-state index contributed by atoms with van der Waals surface area (Å²) in [5.41, 5.74) is 1.92. The van der Waals surface area contributed by atoms with E-state index in [9.17, 15) is 9.59 Å². The zero-order valence-electron chi connectivity index (χ0n) is 17.9. The molecule has 0 saturated carbocycles. The van der Waals surface area contributed by atoms with Gasteiger partial charge in [-0.2, -0.15) is 0 Å². The van der Waals surface area contributed by atoms with Crippen LogP contribution in [0.2, 0.25) is 0 Å². The van der Waals surface area contributed by atoms with E-state index < -0.39 is 0 Å². The molecule has 0 radical (unpaired) electrons. The van der Waals surface area contributed by atoms with E-state index in [1.165, 1.54) is 11.3 Å². The number of fused-ring (bicyclic) bond motifs is 1. The number of carbonyl (C=O) groups excluding carboxylic acids is 2. The van der Waals surface area contributed by atoms with Gasteiger partial charge < -0.3 is 19.7 Å². The van der Waals surface area contributed by atoms with Crippen LogP contribution in [-0.4, -0.2) is 37.0 Å². The second kappa shape index (κ2) is 10.6. The summed E-state index contributed by atoms with van der Waals surface area (Å²) >= 11 is 1.44. The first-order chi connectivity index (χ1) is 15.0. The smallest absolute Gasteiger partial charge is 0.341 e. The quantitative estimate of drug-likeness (QED) is 0.488. The summed E-state index contributed by atoms with van der Waals surface area (Å²) in [5.74, 6) is 0.577. The highest BCUT2D eigenvalue weighted by Crippen LogP contribution is 2.37. The van der Waals surface area contributed by atoms with Crippen molar-refractivity contribution in [2.75, 3.05) is 25.5 Å². The number of ether oxygens (including phenoxy) is 2. The minimum Gasteiger partial charge on any atom is -0.462 e. The van der Waals surface area contributed by atoms with Crippen LogP contribution >= 0.6 is 23.7 Å². The summed E-state index contributed by atoms with van der Waals surface area (Å²) in [6.07, 6.45) is 0.757. The Morgan fingerprint density at radius 3 is 2.59 bits per heavy atom. The lowest BCUT2D eigenvalue weighted by Crippen LogP contribution is -2.26. The lowest BCUT2D eigenvalue weighted by Gasteiger charge is -2.22. The number of likely N-dealkylation sites (N-methyl/N-ethyl adjacent to an activating group) is 1. The van der Waals surface area contributed by atoms with Gasteiger partial charge in [-0.15, -0.1) is 23.7 Å². The molecule has 168 valence electrons. The largest absolute Gasteiger partial charge is 0.462 e. The third kappa shape index (κ3) is 5.30. The fourth-order valence-corrected chi connectivity index (χ4v) is 4.85. The van der Waals surface area contributed by atoms with Gasteiger partial charge in [-0.3, -0.25) is 4.79 Å². The number of rotatable bonds is 6. The van der Waals surface area contributed by atoms with E-state index in [-0.39, 0.29) is 30.9 Å². The molecule has 1 amide bonds. The predicted molar refractivity (Wildman–Crippen MR) is 128 cm³/mol. The monoisotopic (exact) mass is 472 g/mol. The molecule has 0 unspecified atom stereocenters. The van der Waals surface area contributed by atoms with Crippen LogP contribution in [0.4, 0.5) is 5.00 Å². The highest BCUT2D eigenvalue weighted by atomic mass is 35.5. The third-order valence-corrected chi connectivity index (χ3v) is 6.16. The lowest BCUT2D eigenvalue weighted by molar-refractivity contribution is 0.0526. The Kier molecular flexibility index (Phi) is 7.90. The Balaban J connectivity index is 0.00000289. The molecule has 1 N–H and O–H groups in total. The first-order valence-electron chi connectivity index (χ1n) is 10.2. The summed E-state index contributed by atoms with van der Waals surface area (Å²) in [4.78, 5) is 29.0. The van der Waals surface area contributed by atoms with Crippen molar-refractivity contribution in [3.63, 3.8) is 0 Å². The molecule has 6 nitrogen and oxygen atoms in total. The van der Waals surface area contributed by atoms with Crippen molar-refractivity contribution >= 4 is 40.6 Å². The summed E-state index contributed by atoms with van der Waals surface area (Å²) in [7, 11) is 2.04. The highest BCUT2D eigenvalue weighted by Gasteiger charge is 2.28. The van der Waals surface area contributed by atoms with Gasteiger partial charge in [0.15, 0.2) is 0 Å². The maximum Gasteiger partial charge on any atom is 0.341 e. The van der Waals surface area contributed by atoms with E-state index in [4.69, 9.17) is 9.47 Å². The average Bonchev–Trinajstić information content (AvgIpc) is 3.11. The zero-order valence-corrected chi connectivity index (χ0v) is 19.6. The first-order valence-corrected chi connectivity index (χ1v) is 11.0. The Morgan fingerprint density at radius 1 is 1.09 bits per heavy atom. The van der Waals surface area contributed by atoms with Crippen molar-refractivity contribution in [1.82, 2.24) is 4.90 Å². The number of para-hydroxylation sites is 1. The summed E-state index contributed by atoms with van der Waals surface area (Å²) in [6.45, 7) is 3.68. The van der Waals surface area contributed by atoms with Gasteiger partial charge in [0.05, 0.1) is 12.2 Å². The SMILES string of the molecule is CCOC(=O)c1c(NC(=O)c2cccc(Oc3ccccc3)c2)sc2c1CCN(C)C2.Cl. The minimum absolute atomic E-state index is 0. The third-order valence-electron chi connectivity index (χ3n) is 5.03. The highest BCUT2D eigenvalue weighted by molar-refractivity contribution is 7.17. The van der Waals surface area contributed by atoms with Crippen molar-refractivity contribution in [2.45, 2.75) is 19.9 Å². The van der Waals surface area contributed by atoms with Gasteiger partial charge in [0.1, 0.15) is 16.5 Å². The number of carbonyl (C=O) groups is 2. The number of benzene rings is 2. The van der Waals surface area contributed by atoms with E-state index in [0.29, 0.717) is 27.6 Å². The number of nitrogens with zero attached hydrogens (tertiary/aromatic N) is 1. The molecule has 0 atom stereocenters. The van der Waals surface area contributed by atoms with Gasteiger partial charge >= 0.3 is 5.97 Å². The molecule has 0 spiro atoms. The maximum absolute atomic E-state index is 13.0. The number of hydrogen-bond donors (Lipinski definition) is 1. The molecule has 32 heavy (non-hydrogen) atoms. The molecule has 2 aromatic carbocycles. The van der Waals surface area contributed by atoms with Crippen LogP contribution < -0.4 is 10.1 Å². The van der Waals surface area contributed by atoms with Crippen molar-refractivity contribution in [1.29, 1.82) is 0 Å². The van der Waals surface area contributed by atoms with Crippen LogP contribution in [0.25, 0.3) is 0 Å². The van der Waals surface area contributed by atoms with Crippen molar-refractivity contribution < 1.29 is 19.1 Å². The van der Waals surface area contributed by atoms with Crippen LogP contribution in [0.15, 0.2) is 54.6 Å². The first kappa shape index (κ1) is 23.8. The molecule has 0 aliphatic carbocycles. The van der Waals surface area contributed by atoms with Gasteiger partial charge in [-0.05, 0) is 56.3 Å². The van der Waals surface area contributed by atoms with Gasteiger partial charge in [0.2, 0.25) is 0 Å². The van der Waals surface area contributed by atoms with Gasteiger partial charge in [0, 0.05) is 23.5 Å². The molecule has 1 aliphatic rings. The Hall–Kier alpha value is -2.87. The standard InChI is InChI=1S/C24H24N2O4S.ClH/c1-3-29-24(28)21-19-12-13-26(2)15-20(19)31-23(21)25-22(27)16-8-7-11-18(14-16)30-17-9-5-4-6-10-17;/h4-11,14H,3,12-13,15H2,1-2H3,(H,25,27);1H. The molecule has 2 heterocycles. The molecule has 8 heteroatoms. The van der Waals surface area contributed by atoms with E-state index in [0.717, 1.165) is 30.0 Å². The van der Waals surface area contributed by atoms with Crippen LogP contribution in [0.1, 0.15) is 38.1 Å². The van der Waals surface area contributed by atoms with Crippen LogP contribution in [-0.2, 0) is 17.7 Å². The normalized spacial score (nSPS) is 12.9. The summed E-state index contributed by atoms with van der Waals surface area (Å²) in [6, 6.07) is 16.4. The van der Waals surface area contributed by atoms with E-state index in [1.54, 1.807) is 31.2 Å². The van der Waals surface area contributed by atoms with E-state index in [1.807, 2.05) is 37.4 Å². The number of nitrogens with one attached hydrogen (secondary N) is 1. The Bertz CT molecular complexity index is 1100. The summed E-state index contributed by atoms with van der Waals surface area (Å²) in [5, 5.41) is 3.47. The van der Waals surface area contributed by atoms with Gasteiger partial charge in [0.25, 0.3) is 5.91 Å². The molecule has 1 aliphatic heterocycles. The van der Waals surface area contributed by atoms with E-state index >= 15 is 0 Å². The average molecular weight is 473 g/mol.